The predicted molar refractivity (Wildman–Crippen MR) is 353 cm³/mol. The Morgan fingerprint density at radius 2 is 1.21 bits per heavy atom. The van der Waals surface area contributed by atoms with Crippen molar-refractivity contribution in [1.82, 2.24) is 40.9 Å². The van der Waals surface area contributed by atoms with E-state index in [0.717, 1.165) is 22.1 Å². The summed E-state index contributed by atoms with van der Waals surface area (Å²) in [5, 5.41) is 11.6. The first-order valence-electron chi connectivity index (χ1n) is 32.2. The molecule has 0 saturated carbocycles. The van der Waals surface area contributed by atoms with Gasteiger partial charge in [-0.25, -0.2) is 9.59 Å². The van der Waals surface area contributed by atoms with E-state index in [1.54, 1.807) is 116 Å². The van der Waals surface area contributed by atoms with Crippen molar-refractivity contribution in [2.24, 2.45) is 5.41 Å². The van der Waals surface area contributed by atoms with Gasteiger partial charge in [-0.1, -0.05) is 97.1 Å². The average Bonchev–Trinajstić information content (AvgIpc) is 0.821. The number of nitrogens with zero attached hydrogens (tertiary/aromatic N) is 4. The Hall–Kier alpha value is -10.1. The van der Waals surface area contributed by atoms with Crippen LogP contribution in [0.3, 0.4) is 0 Å². The highest BCUT2D eigenvalue weighted by atomic mass is 16.6. The summed E-state index contributed by atoms with van der Waals surface area (Å²) in [5.41, 5.74) is 1.85. The van der Waals surface area contributed by atoms with E-state index < -0.39 is 115 Å². The molecule has 4 N–H and O–H groups in total. The molecule has 2 bridgehead atoms. The molecule has 5 aromatic carbocycles. The maximum atomic E-state index is 14.9. The molecule has 8 rings (SSSR count). The summed E-state index contributed by atoms with van der Waals surface area (Å²) >= 11 is 0. The quantitative estimate of drug-likeness (QED) is 0.0913. The van der Waals surface area contributed by atoms with E-state index in [1.165, 1.54) is 55.9 Å². The number of aryl methyl sites for hydroxylation is 1. The third-order valence-corrected chi connectivity index (χ3v) is 16.9. The molecular weight excluding hydrogens is 1230 g/mol. The number of ether oxygens (including phenoxy) is 6. The van der Waals surface area contributed by atoms with Crippen LogP contribution in [0.5, 0.6) is 23.0 Å². The van der Waals surface area contributed by atoms with Gasteiger partial charge in [0, 0.05) is 65.6 Å². The molecule has 3 aliphatic heterocycles. The Labute approximate surface area is 559 Å². The number of rotatable bonds is 12. The Morgan fingerprint density at radius 1 is 0.594 bits per heavy atom. The molecular formula is C72H86N8O16. The number of nitrogens with one attached hydrogen (secondary N) is 4. The standard InChI is InChI=1S/C72H86N8O16/c1-72(2)47-95-64(83)25-14-15-34-77(3)68(87)57(41-48-18-9-7-10-19-48)74-62(81)45-78(4)69(88)58(42-49-20-11-8-12-21-49)76-66(85)56(40-50-26-30-53(31-27-50)96-71(90)79-36-38-93-39-37-79)73-63(82)46-94-54-23-17-22-52(44-54)55(32-28-51-29-33-60(91-5)61(43-51)92-6)75-67(86)59-24-13-16-35-80(59)70(89)65(72)84/h7-12,14,17-23,25-27,29-31,33,43-44,55-59H,13,15-16,24,28,32,34-42,45-47H2,1-6H3,(H,73,82)(H,74,81)(H,75,86)(H,76,85)/b25-14+/t55-,56+,57-,58-,59+/m1/s1. The summed E-state index contributed by atoms with van der Waals surface area (Å²) in [7, 11) is 6.00. The number of cyclic esters (lactones) is 1. The average molecular weight is 1320 g/mol. The Balaban J connectivity index is 1.10. The van der Waals surface area contributed by atoms with E-state index in [0.29, 0.717) is 80.2 Å². The molecule has 0 spiro atoms. The van der Waals surface area contributed by atoms with Crippen LogP contribution in [0.25, 0.3) is 0 Å². The van der Waals surface area contributed by atoms with Crippen molar-refractivity contribution in [2.75, 3.05) is 87.5 Å². The molecule has 0 aromatic heterocycles. The summed E-state index contributed by atoms with van der Waals surface area (Å²) in [6.45, 7) is 3.05. The summed E-state index contributed by atoms with van der Waals surface area (Å²) in [5.74, 6) is -4.90. The van der Waals surface area contributed by atoms with Gasteiger partial charge >= 0.3 is 12.1 Å². The number of hydrogen-bond donors (Lipinski definition) is 4. The van der Waals surface area contributed by atoms with Crippen LogP contribution in [0.1, 0.15) is 79.8 Å². The zero-order valence-corrected chi connectivity index (χ0v) is 55.2. The largest absolute Gasteiger partial charge is 0.493 e. The van der Waals surface area contributed by atoms with Crippen LogP contribution in [0.15, 0.2) is 140 Å². The van der Waals surface area contributed by atoms with Crippen molar-refractivity contribution in [3.63, 3.8) is 0 Å². The highest BCUT2D eigenvalue weighted by molar-refractivity contribution is 6.38. The van der Waals surface area contributed by atoms with Gasteiger partial charge in [0.2, 0.25) is 35.3 Å². The zero-order valence-electron chi connectivity index (χ0n) is 55.2. The number of esters is 1. The second-order valence-electron chi connectivity index (χ2n) is 24.6. The summed E-state index contributed by atoms with van der Waals surface area (Å²) < 4.78 is 33.7. The van der Waals surface area contributed by atoms with E-state index in [-0.39, 0.29) is 56.7 Å². The van der Waals surface area contributed by atoms with Crippen LogP contribution >= 0.6 is 0 Å². The van der Waals surface area contributed by atoms with Gasteiger partial charge < -0.3 is 69.3 Å². The smallest absolute Gasteiger partial charge is 0.415 e. The number of ketones is 1. The highest BCUT2D eigenvalue weighted by Crippen LogP contribution is 2.31. The van der Waals surface area contributed by atoms with Gasteiger partial charge in [0.1, 0.15) is 42.3 Å². The second-order valence-corrected chi connectivity index (χ2v) is 24.6. The SMILES string of the molecule is COc1ccc(CC[C@H]2NC(=O)[C@@H]3CCCCN3C(=O)C(=O)C(C)(C)COC(=O)/C=C/CCN(C)C(=O)[C@@H](Cc3ccccc3)NC(=O)CN(C)C(=O)[C@@H](Cc3ccccc3)NC(=O)[C@H](Cc3ccc(OC(=O)N4CCOCC4)cc3)NC(=O)COc3cccc2c3)cc1OC. The first-order valence-corrected chi connectivity index (χ1v) is 32.2. The number of morpholine rings is 1. The molecule has 96 heavy (non-hydrogen) atoms. The van der Waals surface area contributed by atoms with Crippen molar-refractivity contribution in [2.45, 2.75) is 102 Å². The van der Waals surface area contributed by atoms with Crippen molar-refractivity contribution in [3.05, 3.63) is 167 Å². The van der Waals surface area contributed by atoms with E-state index >= 15 is 0 Å². The number of likely N-dealkylation sites (N-methyl/N-ethyl adjacent to an activating group) is 2. The van der Waals surface area contributed by atoms with E-state index in [4.69, 9.17) is 28.4 Å². The van der Waals surface area contributed by atoms with Crippen LogP contribution in [0.2, 0.25) is 0 Å². The maximum absolute atomic E-state index is 14.9. The van der Waals surface area contributed by atoms with E-state index in [9.17, 15) is 47.9 Å². The summed E-state index contributed by atoms with van der Waals surface area (Å²) in [4.78, 5) is 147. The summed E-state index contributed by atoms with van der Waals surface area (Å²) in [6, 6.07) is 31.0. The number of carbonyl (C=O) groups excluding carboxylic acids is 10. The maximum Gasteiger partial charge on any atom is 0.415 e. The van der Waals surface area contributed by atoms with Crippen LogP contribution < -0.4 is 40.2 Å². The lowest BCUT2D eigenvalue weighted by molar-refractivity contribution is -0.157. The van der Waals surface area contributed by atoms with E-state index in [2.05, 4.69) is 21.3 Å². The molecule has 24 nitrogen and oxygen atoms in total. The molecule has 24 heteroatoms. The number of carbonyl (C=O) groups is 10. The van der Waals surface area contributed by atoms with Crippen molar-refractivity contribution in [3.8, 4) is 23.0 Å². The minimum atomic E-state index is -1.51. The van der Waals surface area contributed by atoms with Gasteiger partial charge in [-0.05, 0) is 117 Å². The lowest BCUT2D eigenvalue weighted by Gasteiger charge is -2.36. The van der Waals surface area contributed by atoms with Gasteiger partial charge in [-0.3, -0.25) is 38.4 Å². The first kappa shape index (κ1) is 71.7. The van der Waals surface area contributed by atoms with Crippen molar-refractivity contribution in [1.29, 1.82) is 0 Å². The molecule has 5 aromatic rings. The number of Topliss-reactive ketones (excluding diaryl/α,β-unsaturated/α-hetero) is 1. The van der Waals surface area contributed by atoms with Crippen LogP contribution in [-0.4, -0.2) is 190 Å². The first-order chi connectivity index (χ1) is 46.2. The van der Waals surface area contributed by atoms with Crippen LogP contribution in [-0.2, 0) is 78.3 Å². The predicted octanol–water partition coefficient (Wildman–Crippen LogP) is 5.28. The van der Waals surface area contributed by atoms with Crippen LogP contribution in [0.4, 0.5) is 4.79 Å². The van der Waals surface area contributed by atoms with Crippen LogP contribution in [0, 0.1) is 5.41 Å². The van der Waals surface area contributed by atoms with Gasteiger partial charge in [-0.2, -0.15) is 0 Å². The Kier molecular flexibility index (Phi) is 26.1. The molecule has 0 radical (unpaired) electrons. The Bertz CT molecular complexity index is 3560. The fourth-order valence-corrected chi connectivity index (χ4v) is 11.4. The third kappa shape index (κ3) is 20.7. The zero-order chi connectivity index (χ0) is 68.7. The van der Waals surface area contributed by atoms with Gasteiger partial charge in [-0.15, -0.1) is 0 Å². The lowest BCUT2D eigenvalue weighted by atomic mass is 9.87. The Morgan fingerprint density at radius 3 is 1.89 bits per heavy atom. The number of hydrogen-bond acceptors (Lipinski definition) is 16. The fourth-order valence-electron chi connectivity index (χ4n) is 11.4. The minimum Gasteiger partial charge on any atom is -0.493 e. The molecule has 2 fully saturated rings. The lowest BCUT2D eigenvalue weighted by Crippen LogP contribution is -2.57. The molecule has 3 heterocycles. The molecule has 3 aliphatic rings. The van der Waals surface area contributed by atoms with Crippen molar-refractivity contribution >= 4 is 59.2 Å². The van der Waals surface area contributed by atoms with Gasteiger partial charge in [0.05, 0.1) is 45.4 Å². The number of benzene rings is 5. The summed E-state index contributed by atoms with van der Waals surface area (Å²) in [6.07, 6.45) is 4.30. The second kappa shape index (κ2) is 34.9. The van der Waals surface area contributed by atoms with Gasteiger partial charge in [0.15, 0.2) is 18.1 Å². The molecule has 8 amide bonds. The number of fused-ring (bicyclic) bond motifs is 3. The molecule has 5 atom stereocenters. The number of methoxy groups -OCH3 is 2. The minimum absolute atomic E-state index is 0.0305. The monoisotopic (exact) mass is 1320 g/mol. The van der Waals surface area contributed by atoms with Crippen molar-refractivity contribution < 1.29 is 76.4 Å². The normalized spacial score (nSPS) is 21.6. The fraction of sp³-hybridized carbons (Fsp3) is 0.417. The molecule has 0 unspecified atom stereocenters. The van der Waals surface area contributed by atoms with E-state index in [1.807, 2.05) is 18.2 Å². The number of piperidine rings is 1. The molecule has 2 saturated heterocycles. The molecule has 510 valence electrons. The highest BCUT2D eigenvalue weighted by Gasteiger charge is 2.42. The van der Waals surface area contributed by atoms with Gasteiger partial charge in [0.25, 0.3) is 11.8 Å². The number of amides is 8. The third-order valence-electron chi connectivity index (χ3n) is 16.9. The topological polar surface area (TPSA) is 287 Å². The molecule has 0 aliphatic carbocycles.